The maximum absolute atomic E-state index is 5.16. The predicted molar refractivity (Wildman–Crippen MR) is 177 cm³/mol. The summed E-state index contributed by atoms with van der Waals surface area (Å²) in [5.41, 5.74) is 11.1. The van der Waals surface area contributed by atoms with E-state index in [2.05, 4.69) is 142 Å². The van der Waals surface area contributed by atoms with Crippen molar-refractivity contribution in [2.75, 3.05) is 0 Å². The maximum atomic E-state index is 5.16. The van der Waals surface area contributed by atoms with Gasteiger partial charge in [-0.1, -0.05) is 91.0 Å². The largest absolute Gasteiger partial charge is 0.379 e. The molecule has 1 N–H and O–H groups in total. The highest BCUT2D eigenvalue weighted by molar-refractivity contribution is 6.08. The maximum Gasteiger partial charge on any atom is 0.0869 e. The second kappa shape index (κ2) is 10.6. The molecule has 4 heteroatoms. The van der Waals surface area contributed by atoms with E-state index in [0.717, 1.165) is 44.7 Å². The summed E-state index contributed by atoms with van der Waals surface area (Å²) >= 11 is 0. The van der Waals surface area contributed by atoms with Crippen LogP contribution in [0.1, 0.15) is 11.7 Å². The highest BCUT2D eigenvalue weighted by atomic mass is 15.0. The third kappa shape index (κ3) is 4.59. The Labute approximate surface area is 250 Å². The first-order valence-corrected chi connectivity index (χ1v) is 14.5. The summed E-state index contributed by atoms with van der Waals surface area (Å²) in [7, 11) is 0. The average molecular weight is 553 g/mol. The van der Waals surface area contributed by atoms with Gasteiger partial charge in [0.05, 0.1) is 28.5 Å². The van der Waals surface area contributed by atoms with Gasteiger partial charge in [0.1, 0.15) is 0 Å². The number of nitrogens with zero attached hydrogens (tertiary/aromatic N) is 3. The summed E-state index contributed by atoms with van der Waals surface area (Å²) in [5.74, 6) is 0. The van der Waals surface area contributed by atoms with Gasteiger partial charge >= 0.3 is 0 Å². The Balaban J connectivity index is 1.23. The fraction of sp³-hybridized carbons (Fsp3) is 0.0256. The number of hydrogen-bond acceptors (Lipinski definition) is 3. The van der Waals surface area contributed by atoms with Crippen LogP contribution in [0, 0.1) is 0 Å². The van der Waals surface area contributed by atoms with Crippen LogP contribution in [0.25, 0.3) is 61.0 Å². The molecule has 0 spiro atoms. The van der Waals surface area contributed by atoms with Crippen LogP contribution in [0.4, 0.5) is 0 Å². The lowest BCUT2D eigenvalue weighted by Gasteiger charge is -2.18. The van der Waals surface area contributed by atoms with E-state index < -0.39 is 0 Å². The van der Waals surface area contributed by atoms with Crippen molar-refractivity contribution in [3.05, 3.63) is 164 Å². The molecule has 0 saturated heterocycles. The Morgan fingerprint density at radius 3 is 2.21 bits per heavy atom. The van der Waals surface area contributed by atoms with Crippen LogP contribution in [0.2, 0.25) is 0 Å². The van der Waals surface area contributed by atoms with Crippen LogP contribution in [0.5, 0.6) is 0 Å². The Hall–Kier alpha value is -5.74. The lowest BCUT2D eigenvalue weighted by atomic mass is 9.97. The van der Waals surface area contributed by atoms with E-state index in [-0.39, 0.29) is 6.04 Å². The number of aromatic nitrogens is 3. The van der Waals surface area contributed by atoms with Crippen LogP contribution in [0.15, 0.2) is 158 Å². The molecule has 0 fully saturated rings. The Morgan fingerprint density at radius 1 is 0.581 bits per heavy atom. The number of allylic oxidation sites excluding steroid dienone is 2. The first kappa shape index (κ1) is 25.0. The van der Waals surface area contributed by atoms with E-state index in [0.29, 0.717) is 0 Å². The summed E-state index contributed by atoms with van der Waals surface area (Å²) in [6.45, 7) is 0. The molecule has 1 aliphatic heterocycles. The number of pyridine rings is 2. The van der Waals surface area contributed by atoms with Gasteiger partial charge in [0.15, 0.2) is 0 Å². The lowest BCUT2D eigenvalue weighted by Crippen LogP contribution is -2.16. The standard InChI is InChI=1S/C39H28N4/c1-2-9-27(10-3-1)29-11-8-12-30(23-29)36-24-31(25-37(42-36)35-14-6-7-21-41-35)28-16-18-32(19-17-28)43-38-15-5-4-13-33(38)34-26-40-22-20-39(34)43/h1-26,35,41H. The SMILES string of the molecule is C1=CNC(c2cc(-c3ccc(-n4c5ccccc5c5cnccc54)cc3)cc(-c3cccc(-c4ccccc4)c3)n2)C=C1. The van der Waals surface area contributed by atoms with Gasteiger partial charge in [-0.3, -0.25) is 9.97 Å². The molecule has 1 aliphatic rings. The molecule has 204 valence electrons. The molecular formula is C39H28N4. The molecular weight excluding hydrogens is 524 g/mol. The zero-order chi connectivity index (χ0) is 28.6. The molecule has 0 bridgehead atoms. The molecule has 4 heterocycles. The van der Waals surface area contributed by atoms with Gasteiger partial charge in [0.25, 0.3) is 0 Å². The fourth-order valence-electron chi connectivity index (χ4n) is 6.04. The van der Waals surface area contributed by atoms with Crippen molar-refractivity contribution in [1.29, 1.82) is 0 Å². The van der Waals surface area contributed by atoms with Gasteiger partial charge in [-0.05, 0) is 77.0 Å². The number of benzene rings is 4. The van der Waals surface area contributed by atoms with Crippen molar-refractivity contribution in [1.82, 2.24) is 19.9 Å². The Morgan fingerprint density at radius 2 is 1.35 bits per heavy atom. The molecule has 7 aromatic rings. The Kier molecular flexibility index (Phi) is 6.16. The molecule has 0 radical (unpaired) electrons. The molecule has 0 saturated carbocycles. The molecule has 4 nitrogen and oxygen atoms in total. The lowest BCUT2D eigenvalue weighted by molar-refractivity contribution is 0.722. The number of hydrogen-bond donors (Lipinski definition) is 1. The summed E-state index contributed by atoms with van der Waals surface area (Å²) in [6, 6.07) is 43.0. The minimum Gasteiger partial charge on any atom is -0.379 e. The zero-order valence-electron chi connectivity index (χ0n) is 23.4. The quantitative estimate of drug-likeness (QED) is 0.231. The van der Waals surface area contributed by atoms with Crippen LogP contribution in [0.3, 0.4) is 0 Å². The average Bonchev–Trinajstić information content (AvgIpc) is 3.43. The first-order valence-electron chi connectivity index (χ1n) is 14.5. The van der Waals surface area contributed by atoms with Gasteiger partial charge < -0.3 is 9.88 Å². The number of fused-ring (bicyclic) bond motifs is 3. The van der Waals surface area contributed by atoms with Crippen molar-refractivity contribution in [3.8, 4) is 39.2 Å². The van der Waals surface area contributed by atoms with Crippen LogP contribution >= 0.6 is 0 Å². The monoisotopic (exact) mass is 552 g/mol. The van der Waals surface area contributed by atoms with Crippen LogP contribution < -0.4 is 5.32 Å². The molecule has 4 aromatic carbocycles. The van der Waals surface area contributed by atoms with E-state index in [4.69, 9.17) is 4.98 Å². The van der Waals surface area contributed by atoms with Crippen LogP contribution in [-0.2, 0) is 0 Å². The smallest absolute Gasteiger partial charge is 0.0869 e. The van der Waals surface area contributed by atoms with E-state index in [1.54, 1.807) is 0 Å². The first-order chi connectivity index (χ1) is 21.3. The highest BCUT2D eigenvalue weighted by Gasteiger charge is 2.16. The Bertz CT molecular complexity index is 2100. The second-order valence-corrected chi connectivity index (χ2v) is 10.8. The molecule has 3 aromatic heterocycles. The van der Waals surface area contributed by atoms with Crippen molar-refractivity contribution in [2.45, 2.75) is 6.04 Å². The zero-order valence-corrected chi connectivity index (χ0v) is 23.4. The molecule has 0 aliphatic carbocycles. The predicted octanol–water partition coefficient (Wildman–Crippen LogP) is 9.29. The second-order valence-electron chi connectivity index (χ2n) is 10.8. The van der Waals surface area contributed by atoms with Gasteiger partial charge in [-0.25, -0.2) is 0 Å². The third-order valence-electron chi connectivity index (χ3n) is 8.15. The minimum atomic E-state index is 0.00601. The summed E-state index contributed by atoms with van der Waals surface area (Å²) in [4.78, 5) is 9.55. The number of rotatable bonds is 5. The van der Waals surface area contributed by atoms with E-state index >= 15 is 0 Å². The summed E-state index contributed by atoms with van der Waals surface area (Å²) in [5, 5.41) is 5.82. The third-order valence-corrected chi connectivity index (χ3v) is 8.15. The van der Waals surface area contributed by atoms with E-state index in [1.165, 1.54) is 22.0 Å². The number of nitrogens with one attached hydrogen (secondary N) is 1. The minimum absolute atomic E-state index is 0.00601. The normalized spacial score (nSPS) is 14.3. The van der Waals surface area contributed by atoms with Crippen molar-refractivity contribution in [2.24, 2.45) is 0 Å². The van der Waals surface area contributed by atoms with Crippen molar-refractivity contribution < 1.29 is 0 Å². The van der Waals surface area contributed by atoms with Gasteiger partial charge in [-0.15, -0.1) is 0 Å². The molecule has 8 rings (SSSR count). The molecule has 0 amide bonds. The van der Waals surface area contributed by atoms with Crippen molar-refractivity contribution >= 4 is 21.8 Å². The summed E-state index contributed by atoms with van der Waals surface area (Å²) in [6.07, 6.45) is 12.0. The van der Waals surface area contributed by atoms with Crippen LogP contribution in [-0.4, -0.2) is 14.5 Å². The number of dihydropyridines is 1. The molecule has 43 heavy (non-hydrogen) atoms. The molecule has 1 unspecified atom stereocenters. The highest BCUT2D eigenvalue weighted by Crippen LogP contribution is 2.34. The van der Waals surface area contributed by atoms with Gasteiger partial charge in [-0.2, -0.15) is 0 Å². The fourth-order valence-corrected chi connectivity index (χ4v) is 6.04. The molecule has 1 atom stereocenters. The van der Waals surface area contributed by atoms with E-state index in [1.807, 2.05) is 30.7 Å². The van der Waals surface area contributed by atoms with Gasteiger partial charge in [0.2, 0.25) is 0 Å². The summed E-state index contributed by atoms with van der Waals surface area (Å²) < 4.78 is 2.32. The van der Waals surface area contributed by atoms with E-state index in [9.17, 15) is 0 Å². The van der Waals surface area contributed by atoms with Gasteiger partial charge in [0, 0.05) is 34.4 Å². The topological polar surface area (TPSA) is 42.7 Å². The van der Waals surface area contributed by atoms with Crippen molar-refractivity contribution in [3.63, 3.8) is 0 Å². The number of para-hydroxylation sites is 1.